The summed E-state index contributed by atoms with van der Waals surface area (Å²) in [4.78, 5) is 36.0. The van der Waals surface area contributed by atoms with Crippen molar-refractivity contribution < 1.29 is 38.1 Å². The third-order valence-corrected chi connectivity index (χ3v) is 3.61. The Morgan fingerprint density at radius 1 is 1.11 bits per heavy atom. The van der Waals surface area contributed by atoms with E-state index in [2.05, 4.69) is 5.32 Å². The zero-order valence-electron chi connectivity index (χ0n) is 16.0. The van der Waals surface area contributed by atoms with Crippen LogP contribution >= 0.6 is 0 Å². The fourth-order valence-electron chi connectivity index (χ4n) is 2.42. The normalized spacial score (nSPS) is 12.6. The molecule has 9 nitrogen and oxygen atoms in total. The first-order valence-corrected chi connectivity index (χ1v) is 8.79. The molecule has 152 valence electrons. The largest absolute Gasteiger partial charge is 0.493 e. The monoisotopic (exact) mass is 393 g/mol. The lowest BCUT2D eigenvalue weighted by molar-refractivity contribution is -0.159. The minimum atomic E-state index is -1.54. The third kappa shape index (κ3) is 5.38. The molecule has 0 aromatic heterocycles. The van der Waals surface area contributed by atoms with Crippen molar-refractivity contribution in [3.63, 3.8) is 0 Å². The molecule has 2 rings (SSSR count). The van der Waals surface area contributed by atoms with Gasteiger partial charge < -0.3 is 29.0 Å². The molecule has 0 fully saturated rings. The van der Waals surface area contributed by atoms with Crippen molar-refractivity contribution in [2.45, 2.75) is 19.9 Å². The van der Waals surface area contributed by atoms with Crippen molar-refractivity contribution in [3.05, 3.63) is 23.8 Å². The van der Waals surface area contributed by atoms with Gasteiger partial charge in [-0.25, -0.2) is 9.59 Å². The number of amides is 1. The van der Waals surface area contributed by atoms with Gasteiger partial charge in [0.15, 0.2) is 11.5 Å². The number of benzene rings is 1. The van der Waals surface area contributed by atoms with Crippen LogP contribution in [0.4, 0.5) is 0 Å². The summed E-state index contributed by atoms with van der Waals surface area (Å²) in [5, 5.41) is 2.29. The van der Waals surface area contributed by atoms with Crippen LogP contribution in [0.5, 0.6) is 17.2 Å². The molecule has 1 N–H and O–H groups in total. The van der Waals surface area contributed by atoms with E-state index < -0.39 is 23.9 Å². The fourth-order valence-corrected chi connectivity index (χ4v) is 2.42. The molecule has 0 radical (unpaired) electrons. The molecule has 0 atom stereocenters. The molecule has 1 aromatic carbocycles. The third-order valence-electron chi connectivity index (χ3n) is 3.61. The number of hydrogen-bond donors (Lipinski definition) is 1. The lowest BCUT2D eigenvalue weighted by Gasteiger charge is -2.21. The predicted molar refractivity (Wildman–Crippen MR) is 98.2 cm³/mol. The average molecular weight is 393 g/mol. The van der Waals surface area contributed by atoms with E-state index in [0.29, 0.717) is 36.0 Å². The van der Waals surface area contributed by atoms with Crippen molar-refractivity contribution in [3.8, 4) is 17.2 Å². The minimum absolute atomic E-state index is 0.0669. The Hall–Kier alpha value is -3.23. The van der Waals surface area contributed by atoms with Crippen LogP contribution in [0.25, 0.3) is 6.08 Å². The van der Waals surface area contributed by atoms with Crippen LogP contribution in [-0.2, 0) is 23.9 Å². The summed E-state index contributed by atoms with van der Waals surface area (Å²) in [7, 11) is 1.50. The summed E-state index contributed by atoms with van der Waals surface area (Å²) in [6.45, 7) is 4.15. The molecule has 1 aliphatic rings. The van der Waals surface area contributed by atoms with Crippen LogP contribution in [-0.4, -0.2) is 57.4 Å². The van der Waals surface area contributed by atoms with E-state index >= 15 is 0 Å². The van der Waals surface area contributed by atoms with E-state index in [9.17, 15) is 14.4 Å². The van der Waals surface area contributed by atoms with E-state index in [4.69, 9.17) is 23.7 Å². The Bertz CT molecular complexity index is 723. The highest BCUT2D eigenvalue weighted by atomic mass is 16.6. The van der Waals surface area contributed by atoms with Gasteiger partial charge in [-0.3, -0.25) is 4.79 Å². The second-order valence-electron chi connectivity index (χ2n) is 5.53. The zero-order valence-corrected chi connectivity index (χ0v) is 16.0. The van der Waals surface area contributed by atoms with Gasteiger partial charge in [-0.1, -0.05) is 0 Å². The Morgan fingerprint density at radius 3 is 2.36 bits per heavy atom. The highest BCUT2D eigenvalue weighted by Crippen LogP contribution is 2.40. The maximum atomic E-state index is 12.2. The standard InChI is InChI=1S/C19H23NO8/c1-4-25-18(22)16(19(23)26-5-2)20-15(21)7-6-12-10-13(24-3)17-14(11-12)27-8-9-28-17/h6-7,10-11,16H,4-5,8-9H2,1-3H3,(H,20,21)/b7-6+. The van der Waals surface area contributed by atoms with Gasteiger partial charge in [-0.2, -0.15) is 0 Å². The lowest BCUT2D eigenvalue weighted by Crippen LogP contribution is -2.47. The molecule has 0 spiro atoms. The zero-order chi connectivity index (χ0) is 20.5. The van der Waals surface area contributed by atoms with Gasteiger partial charge in [0.05, 0.1) is 20.3 Å². The van der Waals surface area contributed by atoms with Gasteiger partial charge >= 0.3 is 11.9 Å². The molecule has 0 saturated carbocycles. The summed E-state index contributed by atoms with van der Waals surface area (Å²) in [5.41, 5.74) is 0.611. The molecule has 1 amide bonds. The molecular weight excluding hydrogens is 370 g/mol. The number of hydrogen-bond acceptors (Lipinski definition) is 8. The predicted octanol–water partition coefficient (Wildman–Crippen LogP) is 1.09. The van der Waals surface area contributed by atoms with E-state index in [1.165, 1.54) is 19.3 Å². The van der Waals surface area contributed by atoms with E-state index in [1.807, 2.05) is 0 Å². The van der Waals surface area contributed by atoms with Crippen LogP contribution in [0.2, 0.25) is 0 Å². The van der Waals surface area contributed by atoms with Gasteiger partial charge in [0.2, 0.25) is 17.7 Å². The molecule has 9 heteroatoms. The average Bonchev–Trinajstić information content (AvgIpc) is 2.70. The molecule has 0 aliphatic carbocycles. The van der Waals surface area contributed by atoms with E-state index in [-0.39, 0.29) is 13.2 Å². The van der Waals surface area contributed by atoms with Crippen molar-refractivity contribution >= 4 is 23.9 Å². The summed E-state index contributed by atoms with van der Waals surface area (Å²) in [6, 6.07) is 1.83. The smallest absolute Gasteiger partial charge is 0.340 e. The Kier molecular flexibility index (Phi) is 7.67. The Balaban J connectivity index is 2.13. The highest BCUT2D eigenvalue weighted by molar-refractivity contribution is 6.04. The first-order chi connectivity index (χ1) is 13.5. The van der Waals surface area contributed by atoms with Crippen LogP contribution in [0.3, 0.4) is 0 Å². The van der Waals surface area contributed by atoms with Gasteiger partial charge in [0.25, 0.3) is 0 Å². The van der Waals surface area contributed by atoms with Crippen molar-refractivity contribution in [1.82, 2.24) is 5.32 Å². The summed E-state index contributed by atoms with van der Waals surface area (Å²) >= 11 is 0. The number of rotatable bonds is 8. The van der Waals surface area contributed by atoms with Gasteiger partial charge in [0.1, 0.15) is 13.2 Å². The summed E-state index contributed by atoms with van der Waals surface area (Å²) in [6.07, 6.45) is 2.67. The van der Waals surface area contributed by atoms with Gasteiger partial charge in [-0.15, -0.1) is 0 Å². The number of fused-ring (bicyclic) bond motifs is 1. The van der Waals surface area contributed by atoms with Gasteiger partial charge in [0, 0.05) is 6.08 Å². The minimum Gasteiger partial charge on any atom is -0.493 e. The molecule has 28 heavy (non-hydrogen) atoms. The van der Waals surface area contributed by atoms with Crippen molar-refractivity contribution in [2.75, 3.05) is 33.5 Å². The number of esters is 2. The second-order valence-corrected chi connectivity index (χ2v) is 5.53. The Labute approximate surface area is 162 Å². The van der Waals surface area contributed by atoms with Crippen LogP contribution in [0.1, 0.15) is 19.4 Å². The maximum absolute atomic E-state index is 12.2. The first kappa shape index (κ1) is 21.1. The quantitative estimate of drug-likeness (QED) is 0.397. The number of nitrogens with one attached hydrogen (secondary N) is 1. The number of carbonyl (C=O) groups excluding carboxylic acids is 3. The first-order valence-electron chi connectivity index (χ1n) is 8.79. The maximum Gasteiger partial charge on any atom is 0.340 e. The highest BCUT2D eigenvalue weighted by Gasteiger charge is 2.30. The molecule has 1 aromatic rings. The topological polar surface area (TPSA) is 109 Å². The number of methoxy groups -OCH3 is 1. The van der Waals surface area contributed by atoms with Crippen molar-refractivity contribution in [2.24, 2.45) is 0 Å². The fraction of sp³-hybridized carbons (Fsp3) is 0.421. The molecule has 0 saturated heterocycles. The van der Waals surface area contributed by atoms with Crippen molar-refractivity contribution in [1.29, 1.82) is 0 Å². The molecule has 0 unspecified atom stereocenters. The van der Waals surface area contributed by atoms with E-state index in [0.717, 1.165) is 0 Å². The number of ether oxygens (including phenoxy) is 5. The molecular formula is C19H23NO8. The summed E-state index contributed by atoms with van der Waals surface area (Å²) in [5.74, 6) is -0.970. The molecule has 1 heterocycles. The van der Waals surface area contributed by atoms with E-state index in [1.54, 1.807) is 26.0 Å². The van der Waals surface area contributed by atoms with Crippen LogP contribution in [0.15, 0.2) is 18.2 Å². The van der Waals surface area contributed by atoms with Gasteiger partial charge in [-0.05, 0) is 37.6 Å². The molecule has 1 aliphatic heterocycles. The second kappa shape index (κ2) is 10.2. The Morgan fingerprint density at radius 2 is 1.75 bits per heavy atom. The number of carbonyl (C=O) groups is 3. The molecule has 0 bridgehead atoms. The SMILES string of the molecule is CCOC(=O)C(NC(=O)/C=C/c1cc(OC)c2c(c1)OCCO2)C(=O)OCC. The van der Waals surface area contributed by atoms with Crippen LogP contribution in [0, 0.1) is 0 Å². The van der Waals surface area contributed by atoms with Crippen LogP contribution < -0.4 is 19.5 Å². The summed E-state index contributed by atoms with van der Waals surface area (Å²) < 4.78 is 25.9. The lowest BCUT2D eigenvalue weighted by atomic mass is 10.1.